The van der Waals surface area contributed by atoms with E-state index in [4.69, 9.17) is 29.4 Å². The summed E-state index contributed by atoms with van der Waals surface area (Å²) in [4.78, 5) is 63.5. The van der Waals surface area contributed by atoms with Gasteiger partial charge in [0.2, 0.25) is 0 Å². The van der Waals surface area contributed by atoms with Gasteiger partial charge in [-0.2, -0.15) is 0 Å². The van der Waals surface area contributed by atoms with Crippen molar-refractivity contribution < 1.29 is 47.7 Å². The fourth-order valence-corrected chi connectivity index (χ4v) is 4.10. The van der Waals surface area contributed by atoms with Gasteiger partial charge in [0.1, 0.15) is 37.9 Å². The summed E-state index contributed by atoms with van der Waals surface area (Å²) < 4.78 is 26.5. The Morgan fingerprint density at radius 2 is 1.23 bits per heavy atom. The van der Waals surface area contributed by atoms with Crippen molar-refractivity contribution >= 4 is 41.2 Å². The van der Waals surface area contributed by atoms with Gasteiger partial charge < -0.3 is 34.7 Å². The molecule has 254 valence electrons. The van der Waals surface area contributed by atoms with Crippen molar-refractivity contribution in [2.45, 2.75) is 40.5 Å². The molecule has 0 aliphatic heterocycles. The van der Waals surface area contributed by atoms with Crippen LogP contribution in [0.1, 0.15) is 77.2 Å². The van der Waals surface area contributed by atoms with Crippen LogP contribution in [-0.4, -0.2) is 56.2 Å². The molecule has 0 atom stereocenters. The number of nitrogens with two attached hydrogens (primary N) is 1. The highest BCUT2D eigenvalue weighted by Crippen LogP contribution is 2.28. The molecular formula is C36H40N2O10. The molecule has 3 aromatic rings. The van der Waals surface area contributed by atoms with Crippen LogP contribution < -0.4 is 15.8 Å². The molecule has 3 aromatic carbocycles. The van der Waals surface area contributed by atoms with Gasteiger partial charge in [-0.25, -0.2) is 14.4 Å². The molecule has 12 nitrogen and oxygen atoms in total. The maximum absolute atomic E-state index is 13.6. The van der Waals surface area contributed by atoms with E-state index < -0.39 is 29.8 Å². The Kier molecular flexibility index (Phi) is 13.3. The number of rotatable bonds is 15. The number of anilines is 2. The van der Waals surface area contributed by atoms with Crippen LogP contribution >= 0.6 is 0 Å². The second-order valence-electron chi connectivity index (χ2n) is 11.3. The number of hydrogen-bond acceptors (Lipinski definition) is 11. The summed E-state index contributed by atoms with van der Waals surface area (Å²) in [5.41, 5.74) is 7.11. The summed E-state index contributed by atoms with van der Waals surface area (Å²) in [6.45, 7) is 11.0. The first-order valence-electron chi connectivity index (χ1n) is 15.2. The van der Waals surface area contributed by atoms with Gasteiger partial charge in [-0.15, -0.1) is 0 Å². The Balaban J connectivity index is 1.86. The van der Waals surface area contributed by atoms with Crippen molar-refractivity contribution in [3.63, 3.8) is 0 Å². The fraction of sp³-hybridized carbons (Fsp3) is 0.306. The van der Waals surface area contributed by atoms with Gasteiger partial charge in [0, 0.05) is 16.9 Å². The second kappa shape index (κ2) is 17.3. The molecular weight excluding hydrogens is 620 g/mol. The van der Waals surface area contributed by atoms with Crippen LogP contribution in [0.5, 0.6) is 11.5 Å². The molecule has 0 radical (unpaired) electrons. The predicted molar refractivity (Wildman–Crippen MR) is 178 cm³/mol. The lowest BCUT2D eigenvalue weighted by Gasteiger charge is -2.18. The highest BCUT2D eigenvalue weighted by atomic mass is 16.6. The van der Waals surface area contributed by atoms with Crippen LogP contribution in [0.3, 0.4) is 0 Å². The summed E-state index contributed by atoms with van der Waals surface area (Å²) in [6.07, 6.45) is 0. The van der Waals surface area contributed by atoms with Crippen LogP contribution in [0.15, 0.2) is 72.8 Å². The van der Waals surface area contributed by atoms with Crippen LogP contribution in [0, 0.1) is 5.92 Å². The molecule has 0 spiro atoms. The van der Waals surface area contributed by atoms with Crippen molar-refractivity contribution in [3.05, 3.63) is 95.1 Å². The molecule has 0 saturated carbocycles. The number of benzene rings is 3. The summed E-state index contributed by atoms with van der Waals surface area (Å²) in [7, 11) is 0. The van der Waals surface area contributed by atoms with Gasteiger partial charge in [-0.1, -0.05) is 34.3 Å². The lowest BCUT2D eigenvalue weighted by molar-refractivity contribution is -0.148. The minimum absolute atomic E-state index is 0.0233. The van der Waals surface area contributed by atoms with Gasteiger partial charge in [-0.05, 0) is 79.1 Å². The number of amides is 1. The number of carbonyl (C=O) groups is 5. The van der Waals surface area contributed by atoms with Gasteiger partial charge in [0.25, 0.3) is 5.91 Å². The van der Waals surface area contributed by atoms with E-state index in [0.29, 0.717) is 28.4 Å². The van der Waals surface area contributed by atoms with Gasteiger partial charge >= 0.3 is 23.9 Å². The van der Waals surface area contributed by atoms with Crippen molar-refractivity contribution in [2.24, 2.45) is 5.92 Å². The minimum Gasteiger partial charge on any atom is -0.462 e. The largest absolute Gasteiger partial charge is 0.462 e. The van der Waals surface area contributed by atoms with Gasteiger partial charge in [0.15, 0.2) is 0 Å². The second-order valence-corrected chi connectivity index (χ2v) is 11.3. The topological polar surface area (TPSA) is 170 Å². The molecule has 0 aliphatic rings. The first kappa shape index (κ1) is 36.8. The predicted octanol–water partition coefficient (Wildman–Crippen LogP) is 6.07. The van der Waals surface area contributed by atoms with Crippen LogP contribution in [0.2, 0.25) is 0 Å². The fourth-order valence-electron chi connectivity index (χ4n) is 4.10. The molecule has 0 fully saturated rings. The lowest BCUT2D eigenvalue weighted by atomic mass is 9.91. The summed E-state index contributed by atoms with van der Waals surface area (Å²) >= 11 is 0. The standard InChI is InChI=1S/C36H40N2O10/c1-21(2)28-19-29(32(39)38-25-9-13-27(14-10-25)48-26-11-7-24(37)8-12-26)31(36(43)47-18-16-45-34(41)23(5)6)20-30(28)35(42)46-17-15-44-33(40)22(3)4/h7-14,19-21,23H,3,15-18,37H2,1-2,4-6H3,(H,38,39). The number of ether oxygens (including phenoxy) is 5. The third-order valence-corrected chi connectivity index (χ3v) is 6.65. The average Bonchev–Trinajstić information content (AvgIpc) is 3.05. The first-order chi connectivity index (χ1) is 22.8. The van der Waals surface area contributed by atoms with E-state index >= 15 is 0 Å². The Bertz CT molecular complexity index is 1640. The number of nitrogens with one attached hydrogen (secondary N) is 1. The lowest BCUT2D eigenvalue weighted by Crippen LogP contribution is -2.22. The molecule has 0 aliphatic carbocycles. The van der Waals surface area contributed by atoms with Crippen molar-refractivity contribution in [2.75, 3.05) is 37.5 Å². The molecule has 0 bridgehead atoms. The zero-order valence-electron chi connectivity index (χ0n) is 27.6. The highest BCUT2D eigenvalue weighted by molar-refractivity contribution is 6.12. The van der Waals surface area contributed by atoms with Crippen LogP contribution in [0.4, 0.5) is 11.4 Å². The highest BCUT2D eigenvalue weighted by Gasteiger charge is 2.26. The average molecular weight is 661 g/mol. The van der Waals surface area contributed by atoms with E-state index in [1.54, 1.807) is 62.4 Å². The van der Waals surface area contributed by atoms with Gasteiger partial charge in [-0.3, -0.25) is 9.59 Å². The van der Waals surface area contributed by atoms with Crippen molar-refractivity contribution in [3.8, 4) is 11.5 Å². The Hall–Kier alpha value is -5.65. The van der Waals surface area contributed by atoms with Crippen LogP contribution in [-0.2, 0) is 28.5 Å². The van der Waals surface area contributed by atoms with Crippen LogP contribution in [0.25, 0.3) is 0 Å². The Labute approximate surface area is 279 Å². The van der Waals surface area contributed by atoms with Crippen molar-refractivity contribution in [1.82, 2.24) is 0 Å². The first-order valence-corrected chi connectivity index (χ1v) is 15.2. The van der Waals surface area contributed by atoms with E-state index in [0.717, 1.165) is 0 Å². The third-order valence-electron chi connectivity index (χ3n) is 6.65. The minimum atomic E-state index is -0.923. The smallest absolute Gasteiger partial charge is 0.339 e. The molecule has 3 N–H and O–H groups in total. The third kappa shape index (κ3) is 10.7. The molecule has 0 unspecified atom stereocenters. The van der Waals surface area contributed by atoms with E-state index in [9.17, 15) is 24.0 Å². The molecule has 0 heterocycles. The summed E-state index contributed by atoms with van der Waals surface area (Å²) in [5.74, 6) is -3.00. The zero-order chi connectivity index (χ0) is 35.4. The maximum atomic E-state index is 13.6. The molecule has 0 aromatic heterocycles. The Morgan fingerprint density at radius 3 is 1.77 bits per heavy atom. The van der Waals surface area contributed by atoms with Crippen molar-refractivity contribution in [1.29, 1.82) is 0 Å². The Morgan fingerprint density at radius 1 is 0.708 bits per heavy atom. The zero-order valence-corrected chi connectivity index (χ0v) is 27.6. The number of carbonyl (C=O) groups excluding carboxylic acids is 5. The molecule has 12 heteroatoms. The number of hydrogen-bond donors (Lipinski definition) is 2. The van der Waals surface area contributed by atoms with E-state index in [1.807, 2.05) is 13.8 Å². The molecule has 0 saturated heterocycles. The molecule has 48 heavy (non-hydrogen) atoms. The van der Waals surface area contributed by atoms with E-state index in [1.165, 1.54) is 19.1 Å². The summed E-state index contributed by atoms with van der Waals surface area (Å²) in [6, 6.07) is 16.1. The van der Waals surface area contributed by atoms with E-state index in [-0.39, 0.29) is 60.5 Å². The van der Waals surface area contributed by atoms with E-state index in [2.05, 4.69) is 11.9 Å². The number of esters is 4. The molecule has 1 amide bonds. The molecule has 3 rings (SSSR count). The number of nitrogen functional groups attached to an aromatic ring is 1. The van der Waals surface area contributed by atoms with Gasteiger partial charge in [0.05, 0.1) is 22.6 Å². The summed E-state index contributed by atoms with van der Waals surface area (Å²) in [5, 5.41) is 2.76. The quantitative estimate of drug-likeness (QED) is 0.0638. The maximum Gasteiger partial charge on any atom is 0.339 e. The normalized spacial score (nSPS) is 10.6. The monoisotopic (exact) mass is 660 g/mol. The SMILES string of the molecule is C=C(C)C(=O)OCCOC(=O)c1cc(C(=O)OCCOC(=O)C(C)C)c(C(=O)Nc2ccc(Oc3ccc(N)cc3)cc2)cc1C(C)C.